The van der Waals surface area contributed by atoms with Gasteiger partial charge in [0.2, 0.25) is 5.91 Å². The number of rotatable bonds is 8. The van der Waals surface area contributed by atoms with Gasteiger partial charge in [0.15, 0.2) is 0 Å². The van der Waals surface area contributed by atoms with Crippen molar-refractivity contribution in [3.05, 3.63) is 65.7 Å². The molecule has 0 saturated carbocycles. The minimum atomic E-state index is -0.571. The van der Waals surface area contributed by atoms with Gasteiger partial charge in [0, 0.05) is 11.3 Å². The van der Waals surface area contributed by atoms with Crippen molar-refractivity contribution in [2.45, 2.75) is 32.2 Å². The fraction of sp³-hybridized carbons (Fsp3) is 0.333. The van der Waals surface area contributed by atoms with Crippen molar-refractivity contribution in [3.63, 3.8) is 0 Å². The van der Waals surface area contributed by atoms with Crippen molar-refractivity contribution in [1.29, 1.82) is 0 Å². The predicted molar refractivity (Wildman–Crippen MR) is 110 cm³/mol. The number of amides is 2. The smallest absolute Gasteiger partial charge is 0.251 e. The van der Waals surface area contributed by atoms with Gasteiger partial charge >= 0.3 is 0 Å². The molecule has 2 rings (SSSR count). The van der Waals surface area contributed by atoms with Crippen molar-refractivity contribution >= 4 is 29.3 Å². The van der Waals surface area contributed by atoms with Crippen LogP contribution in [0.15, 0.2) is 54.6 Å². The minimum Gasteiger partial charge on any atom is -0.340 e. The van der Waals surface area contributed by atoms with Gasteiger partial charge in [-0.3, -0.25) is 9.59 Å². The third-order valence-electron chi connectivity index (χ3n) is 4.09. The second-order valence-corrected chi connectivity index (χ2v) is 7.43. The quantitative estimate of drug-likeness (QED) is 0.728. The van der Waals surface area contributed by atoms with Gasteiger partial charge in [0.1, 0.15) is 6.04 Å². The summed E-state index contributed by atoms with van der Waals surface area (Å²) in [7, 11) is 0. The normalized spacial score (nSPS) is 11.8. The van der Waals surface area contributed by atoms with Gasteiger partial charge < -0.3 is 10.6 Å². The highest BCUT2D eigenvalue weighted by molar-refractivity contribution is 7.98. The van der Waals surface area contributed by atoms with Gasteiger partial charge in [-0.15, -0.1) is 0 Å². The lowest BCUT2D eigenvalue weighted by molar-refractivity contribution is -0.118. The van der Waals surface area contributed by atoms with Gasteiger partial charge in [-0.25, -0.2) is 0 Å². The van der Waals surface area contributed by atoms with Crippen LogP contribution < -0.4 is 10.6 Å². The SMILES string of the molecule is CSCC[C@@H](NC(=O)c1ccccc1)C(=O)Nc1cccc(C(C)C)c1. The Morgan fingerprint density at radius 1 is 1.04 bits per heavy atom. The summed E-state index contributed by atoms with van der Waals surface area (Å²) >= 11 is 1.65. The van der Waals surface area contributed by atoms with E-state index in [-0.39, 0.29) is 11.8 Å². The Morgan fingerprint density at radius 3 is 2.42 bits per heavy atom. The standard InChI is InChI=1S/C21H26N2O2S/c1-15(2)17-10-7-11-18(14-17)22-21(25)19(12-13-26-3)23-20(24)16-8-5-4-6-9-16/h4-11,14-15,19H,12-13H2,1-3H3,(H,22,25)(H,23,24)/t19-/m1/s1. The van der Waals surface area contributed by atoms with Crippen molar-refractivity contribution in [2.24, 2.45) is 0 Å². The molecule has 0 spiro atoms. The van der Waals surface area contributed by atoms with Crippen LogP contribution in [-0.4, -0.2) is 29.9 Å². The molecule has 2 aromatic rings. The molecule has 0 aliphatic rings. The third-order valence-corrected chi connectivity index (χ3v) is 4.73. The Labute approximate surface area is 159 Å². The van der Waals surface area contributed by atoms with Crippen LogP contribution in [0.25, 0.3) is 0 Å². The maximum atomic E-state index is 12.7. The lowest BCUT2D eigenvalue weighted by Gasteiger charge is -2.19. The Morgan fingerprint density at radius 2 is 1.77 bits per heavy atom. The lowest BCUT2D eigenvalue weighted by atomic mass is 10.0. The Kier molecular flexibility index (Phi) is 7.73. The van der Waals surface area contributed by atoms with E-state index in [9.17, 15) is 9.59 Å². The molecule has 1 atom stereocenters. The number of benzene rings is 2. The van der Waals surface area contributed by atoms with E-state index in [1.54, 1.807) is 23.9 Å². The summed E-state index contributed by atoms with van der Waals surface area (Å²) in [5.74, 6) is 0.753. The molecule has 138 valence electrons. The van der Waals surface area contributed by atoms with Crippen LogP contribution >= 0.6 is 11.8 Å². The van der Waals surface area contributed by atoms with E-state index in [4.69, 9.17) is 0 Å². The van der Waals surface area contributed by atoms with Crippen LogP contribution in [0.1, 0.15) is 42.1 Å². The van der Waals surface area contributed by atoms with Crippen LogP contribution in [-0.2, 0) is 4.79 Å². The van der Waals surface area contributed by atoms with Crippen molar-refractivity contribution in [1.82, 2.24) is 5.32 Å². The van der Waals surface area contributed by atoms with E-state index in [2.05, 4.69) is 24.5 Å². The number of carbonyl (C=O) groups is 2. The number of nitrogens with one attached hydrogen (secondary N) is 2. The largest absolute Gasteiger partial charge is 0.340 e. The molecule has 4 nitrogen and oxygen atoms in total. The average molecular weight is 371 g/mol. The molecule has 0 aromatic heterocycles. The highest BCUT2D eigenvalue weighted by atomic mass is 32.2. The second kappa shape index (κ2) is 10.0. The zero-order valence-electron chi connectivity index (χ0n) is 15.5. The minimum absolute atomic E-state index is 0.191. The van der Waals surface area contributed by atoms with Crippen LogP contribution in [0.5, 0.6) is 0 Å². The summed E-state index contributed by atoms with van der Waals surface area (Å²) in [6.07, 6.45) is 2.57. The van der Waals surface area contributed by atoms with Crippen LogP contribution in [0.3, 0.4) is 0 Å². The molecular weight excluding hydrogens is 344 g/mol. The van der Waals surface area contributed by atoms with Gasteiger partial charge in [-0.05, 0) is 54.2 Å². The molecule has 26 heavy (non-hydrogen) atoms. The Hall–Kier alpha value is -2.27. The summed E-state index contributed by atoms with van der Waals surface area (Å²) in [4.78, 5) is 25.2. The molecule has 0 aliphatic carbocycles. The fourth-order valence-corrected chi connectivity index (χ4v) is 3.01. The first kappa shape index (κ1) is 20.0. The first-order chi connectivity index (χ1) is 12.5. The predicted octanol–water partition coefficient (Wildman–Crippen LogP) is 4.30. The molecule has 2 N–H and O–H groups in total. The molecule has 0 radical (unpaired) electrons. The number of carbonyl (C=O) groups excluding carboxylic acids is 2. The van der Waals surface area contributed by atoms with Gasteiger partial charge in [0.05, 0.1) is 0 Å². The van der Waals surface area contributed by atoms with E-state index in [1.807, 2.05) is 48.7 Å². The van der Waals surface area contributed by atoms with Crippen molar-refractivity contribution in [2.75, 3.05) is 17.3 Å². The molecule has 0 unspecified atom stereocenters. The molecule has 0 saturated heterocycles. The van der Waals surface area contributed by atoms with E-state index >= 15 is 0 Å². The molecule has 2 aromatic carbocycles. The Balaban J connectivity index is 2.09. The van der Waals surface area contributed by atoms with Crippen molar-refractivity contribution < 1.29 is 9.59 Å². The first-order valence-electron chi connectivity index (χ1n) is 8.77. The highest BCUT2D eigenvalue weighted by Crippen LogP contribution is 2.19. The third kappa shape index (κ3) is 5.92. The number of anilines is 1. The summed E-state index contributed by atoms with van der Waals surface area (Å²) in [6.45, 7) is 4.23. The zero-order chi connectivity index (χ0) is 18.9. The van der Waals surface area contributed by atoms with Gasteiger partial charge in [0.25, 0.3) is 5.91 Å². The van der Waals surface area contributed by atoms with E-state index in [0.717, 1.165) is 17.0 Å². The van der Waals surface area contributed by atoms with E-state index < -0.39 is 6.04 Å². The summed E-state index contributed by atoms with van der Waals surface area (Å²) in [6, 6.07) is 16.2. The van der Waals surface area contributed by atoms with Crippen LogP contribution in [0.4, 0.5) is 5.69 Å². The summed E-state index contributed by atoms with van der Waals surface area (Å²) < 4.78 is 0. The monoisotopic (exact) mass is 370 g/mol. The van der Waals surface area contributed by atoms with Gasteiger partial charge in [-0.2, -0.15) is 11.8 Å². The van der Waals surface area contributed by atoms with Crippen LogP contribution in [0, 0.1) is 0 Å². The number of hydrogen-bond acceptors (Lipinski definition) is 3. The number of thioether (sulfide) groups is 1. The molecule has 0 bridgehead atoms. The summed E-state index contributed by atoms with van der Waals surface area (Å²) in [5.41, 5.74) is 2.47. The molecule has 2 amide bonds. The second-order valence-electron chi connectivity index (χ2n) is 6.44. The molecule has 0 fully saturated rings. The van der Waals surface area contributed by atoms with Gasteiger partial charge in [-0.1, -0.05) is 44.2 Å². The summed E-state index contributed by atoms with van der Waals surface area (Å²) in [5, 5.41) is 5.80. The average Bonchev–Trinajstić information content (AvgIpc) is 2.65. The number of hydrogen-bond donors (Lipinski definition) is 2. The molecule has 5 heteroatoms. The van der Waals surface area contributed by atoms with E-state index in [0.29, 0.717) is 17.9 Å². The highest BCUT2D eigenvalue weighted by Gasteiger charge is 2.21. The maximum absolute atomic E-state index is 12.7. The van der Waals surface area contributed by atoms with E-state index in [1.165, 1.54) is 0 Å². The maximum Gasteiger partial charge on any atom is 0.251 e. The van der Waals surface area contributed by atoms with Crippen LogP contribution in [0.2, 0.25) is 0 Å². The zero-order valence-corrected chi connectivity index (χ0v) is 16.3. The molecule has 0 heterocycles. The molecule has 0 aliphatic heterocycles. The lowest BCUT2D eigenvalue weighted by Crippen LogP contribution is -2.44. The first-order valence-corrected chi connectivity index (χ1v) is 10.2. The topological polar surface area (TPSA) is 58.2 Å². The van der Waals surface area contributed by atoms with Crippen molar-refractivity contribution in [3.8, 4) is 0 Å². The fourth-order valence-electron chi connectivity index (χ4n) is 2.54. The molecular formula is C21H26N2O2S. The Bertz CT molecular complexity index is 732.